The molecule has 7 nitrogen and oxygen atoms in total. The van der Waals surface area contributed by atoms with Gasteiger partial charge in [0.15, 0.2) is 5.78 Å². The number of hydrogen-bond donors (Lipinski definition) is 2. The lowest BCUT2D eigenvalue weighted by molar-refractivity contribution is -0.144. The Hall–Kier alpha value is -1.89. The Kier molecular flexibility index (Phi) is 8.30. The minimum atomic E-state index is -1.12. The number of carbonyl (C=O) groups excluding carboxylic acids is 2. The predicted octanol–water partition coefficient (Wildman–Crippen LogP) is 1.52. The van der Waals surface area contributed by atoms with Crippen molar-refractivity contribution in [1.82, 2.24) is 5.32 Å². The van der Waals surface area contributed by atoms with E-state index in [-0.39, 0.29) is 25.2 Å². The first-order valence-electron chi connectivity index (χ1n) is 6.59. The Bertz CT molecular complexity index is 385. The third-order valence-corrected chi connectivity index (χ3v) is 2.26. The molecule has 0 fully saturated rings. The van der Waals surface area contributed by atoms with E-state index in [1.54, 1.807) is 20.8 Å². The molecule has 1 unspecified atom stereocenters. The molecule has 7 heteroatoms. The molecule has 0 saturated heterocycles. The maximum absolute atomic E-state index is 11.5. The van der Waals surface area contributed by atoms with Gasteiger partial charge in [0, 0.05) is 13.0 Å². The third-order valence-electron chi connectivity index (χ3n) is 2.26. The second-order valence-electron chi connectivity index (χ2n) is 5.42. The van der Waals surface area contributed by atoms with Crippen LogP contribution in [0.15, 0.2) is 12.7 Å². The Labute approximate surface area is 124 Å². The molecule has 0 aromatic heterocycles. The highest BCUT2D eigenvalue weighted by molar-refractivity contribution is 5.88. The van der Waals surface area contributed by atoms with Gasteiger partial charge in [-0.15, -0.1) is 0 Å². The molecule has 21 heavy (non-hydrogen) atoms. The van der Waals surface area contributed by atoms with Crippen molar-refractivity contribution in [2.24, 2.45) is 0 Å². The first-order chi connectivity index (χ1) is 9.64. The Morgan fingerprint density at radius 2 is 1.95 bits per heavy atom. The van der Waals surface area contributed by atoms with Crippen LogP contribution in [-0.4, -0.2) is 47.8 Å². The molecular formula is C14H23NO6. The van der Waals surface area contributed by atoms with Crippen LogP contribution in [-0.2, 0) is 19.1 Å². The zero-order valence-corrected chi connectivity index (χ0v) is 12.7. The van der Waals surface area contributed by atoms with Gasteiger partial charge in [-0.05, 0) is 33.3 Å². The number of carbonyl (C=O) groups is 3. The average Bonchev–Trinajstić information content (AvgIpc) is 2.34. The first kappa shape index (κ1) is 19.1. The number of alkyl carbamates (subject to hydrolysis) is 1. The standard InChI is InChI=1S/C14H23NO6/c1-5-10(16)6-7-11(20-9-12(17)18)8-15-13(19)21-14(2,3)4/h5,11H,1,6-9H2,2-4H3,(H,15,19)(H,17,18). The Morgan fingerprint density at radius 3 is 2.43 bits per heavy atom. The molecule has 0 aliphatic heterocycles. The van der Waals surface area contributed by atoms with Gasteiger partial charge in [0.2, 0.25) is 0 Å². The van der Waals surface area contributed by atoms with Gasteiger partial charge in [-0.3, -0.25) is 4.79 Å². The molecule has 0 saturated carbocycles. The maximum atomic E-state index is 11.5. The molecule has 1 atom stereocenters. The summed E-state index contributed by atoms with van der Waals surface area (Å²) in [6.07, 6.45) is 0.437. The number of rotatable bonds is 9. The van der Waals surface area contributed by atoms with Crippen LogP contribution in [0.3, 0.4) is 0 Å². The molecule has 0 aliphatic rings. The quantitative estimate of drug-likeness (QED) is 0.626. The van der Waals surface area contributed by atoms with Crippen molar-refractivity contribution in [2.75, 3.05) is 13.2 Å². The number of allylic oxidation sites excluding steroid dienone is 1. The van der Waals surface area contributed by atoms with Gasteiger partial charge >= 0.3 is 12.1 Å². The van der Waals surface area contributed by atoms with Crippen molar-refractivity contribution >= 4 is 17.8 Å². The van der Waals surface area contributed by atoms with E-state index in [0.29, 0.717) is 0 Å². The summed E-state index contributed by atoms with van der Waals surface area (Å²) in [5, 5.41) is 11.1. The van der Waals surface area contributed by atoms with E-state index in [4.69, 9.17) is 14.6 Å². The van der Waals surface area contributed by atoms with Gasteiger partial charge < -0.3 is 19.9 Å². The molecule has 0 rings (SSSR count). The van der Waals surface area contributed by atoms with Crippen LogP contribution >= 0.6 is 0 Å². The van der Waals surface area contributed by atoms with Gasteiger partial charge in [-0.1, -0.05) is 6.58 Å². The molecule has 0 heterocycles. The fourth-order valence-corrected chi connectivity index (χ4v) is 1.35. The number of ether oxygens (including phenoxy) is 2. The van der Waals surface area contributed by atoms with Crippen molar-refractivity contribution in [2.45, 2.75) is 45.3 Å². The summed E-state index contributed by atoms with van der Waals surface area (Å²) in [7, 11) is 0. The van der Waals surface area contributed by atoms with Gasteiger partial charge in [0.05, 0.1) is 6.10 Å². The van der Waals surface area contributed by atoms with E-state index in [2.05, 4.69) is 11.9 Å². The molecule has 0 radical (unpaired) electrons. The van der Waals surface area contributed by atoms with Crippen LogP contribution in [0, 0.1) is 0 Å². The third kappa shape index (κ3) is 11.6. The summed E-state index contributed by atoms with van der Waals surface area (Å²) in [6.45, 7) is 8.11. The number of ketones is 1. The van der Waals surface area contributed by atoms with Crippen molar-refractivity contribution in [3.8, 4) is 0 Å². The van der Waals surface area contributed by atoms with Crippen LogP contribution in [0.2, 0.25) is 0 Å². The molecule has 0 aliphatic carbocycles. The summed E-state index contributed by atoms with van der Waals surface area (Å²) < 4.78 is 10.2. The first-order valence-corrected chi connectivity index (χ1v) is 6.59. The summed E-state index contributed by atoms with van der Waals surface area (Å²) in [5.74, 6) is -1.29. The fourth-order valence-electron chi connectivity index (χ4n) is 1.35. The average molecular weight is 301 g/mol. The second kappa shape index (κ2) is 9.12. The number of nitrogens with one attached hydrogen (secondary N) is 1. The minimum Gasteiger partial charge on any atom is -0.480 e. The molecule has 0 aromatic rings. The van der Waals surface area contributed by atoms with Crippen LogP contribution in [0.4, 0.5) is 4.79 Å². The van der Waals surface area contributed by atoms with Crippen molar-refractivity contribution in [1.29, 1.82) is 0 Å². The highest BCUT2D eigenvalue weighted by atomic mass is 16.6. The minimum absolute atomic E-state index is 0.0621. The monoisotopic (exact) mass is 301 g/mol. The summed E-state index contributed by atoms with van der Waals surface area (Å²) in [4.78, 5) is 33.2. The van der Waals surface area contributed by atoms with Gasteiger partial charge in [0.25, 0.3) is 0 Å². The highest BCUT2D eigenvalue weighted by Gasteiger charge is 2.18. The molecule has 1 amide bonds. The van der Waals surface area contributed by atoms with Gasteiger partial charge in [0.1, 0.15) is 12.2 Å². The Morgan fingerprint density at radius 1 is 1.33 bits per heavy atom. The lowest BCUT2D eigenvalue weighted by atomic mass is 10.1. The number of hydrogen-bond acceptors (Lipinski definition) is 5. The summed E-state index contributed by atoms with van der Waals surface area (Å²) in [6, 6.07) is 0. The normalized spacial score (nSPS) is 12.3. The number of amides is 1. The summed E-state index contributed by atoms with van der Waals surface area (Å²) in [5.41, 5.74) is -0.625. The van der Waals surface area contributed by atoms with E-state index in [1.807, 2.05) is 0 Å². The second-order valence-corrected chi connectivity index (χ2v) is 5.42. The Balaban J connectivity index is 4.31. The molecule has 120 valence electrons. The van der Waals surface area contributed by atoms with Crippen LogP contribution in [0.5, 0.6) is 0 Å². The highest BCUT2D eigenvalue weighted by Crippen LogP contribution is 2.07. The molecule has 0 bridgehead atoms. The number of aliphatic carboxylic acids is 1. The van der Waals surface area contributed by atoms with Crippen molar-refractivity contribution < 1.29 is 29.0 Å². The van der Waals surface area contributed by atoms with Crippen molar-refractivity contribution in [3.63, 3.8) is 0 Å². The zero-order chi connectivity index (χ0) is 16.5. The van der Waals surface area contributed by atoms with Gasteiger partial charge in [-0.25, -0.2) is 9.59 Å². The number of carboxylic acid groups (broad SMARTS) is 1. The van der Waals surface area contributed by atoms with E-state index in [1.165, 1.54) is 6.08 Å². The lowest BCUT2D eigenvalue weighted by Gasteiger charge is -2.21. The van der Waals surface area contributed by atoms with Crippen LogP contribution in [0.1, 0.15) is 33.6 Å². The number of carboxylic acids is 1. The lowest BCUT2D eigenvalue weighted by Crippen LogP contribution is -2.38. The molecular weight excluding hydrogens is 278 g/mol. The SMILES string of the molecule is C=CC(=O)CCC(CNC(=O)OC(C)(C)C)OCC(=O)O. The fraction of sp³-hybridized carbons (Fsp3) is 0.643. The topological polar surface area (TPSA) is 102 Å². The van der Waals surface area contributed by atoms with Crippen molar-refractivity contribution in [3.05, 3.63) is 12.7 Å². The van der Waals surface area contributed by atoms with E-state index < -0.39 is 30.4 Å². The van der Waals surface area contributed by atoms with E-state index >= 15 is 0 Å². The molecule has 2 N–H and O–H groups in total. The van der Waals surface area contributed by atoms with Crippen LogP contribution < -0.4 is 5.32 Å². The van der Waals surface area contributed by atoms with E-state index in [9.17, 15) is 14.4 Å². The largest absolute Gasteiger partial charge is 0.480 e. The molecule has 0 aromatic carbocycles. The smallest absolute Gasteiger partial charge is 0.407 e. The zero-order valence-electron chi connectivity index (χ0n) is 12.7. The maximum Gasteiger partial charge on any atom is 0.407 e. The summed E-state index contributed by atoms with van der Waals surface area (Å²) >= 11 is 0. The predicted molar refractivity (Wildman–Crippen MR) is 76.1 cm³/mol. The van der Waals surface area contributed by atoms with Crippen LogP contribution in [0.25, 0.3) is 0 Å². The van der Waals surface area contributed by atoms with E-state index in [0.717, 1.165) is 0 Å². The molecule has 0 spiro atoms. The van der Waals surface area contributed by atoms with Gasteiger partial charge in [-0.2, -0.15) is 0 Å².